The lowest BCUT2D eigenvalue weighted by molar-refractivity contribution is 0.0934. The van der Waals surface area contributed by atoms with E-state index >= 15 is 0 Å². The average Bonchev–Trinajstić information content (AvgIpc) is 2.63. The lowest BCUT2D eigenvalue weighted by Crippen LogP contribution is -2.40. The van der Waals surface area contributed by atoms with Crippen molar-refractivity contribution in [2.75, 3.05) is 6.54 Å². The van der Waals surface area contributed by atoms with Crippen LogP contribution in [0.4, 0.5) is 0 Å². The summed E-state index contributed by atoms with van der Waals surface area (Å²) in [6.07, 6.45) is 0.910. The van der Waals surface area contributed by atoms with E-state index < -0.39 is 0 Å². The van der Waals surface area contributed by atoms with Gasteiger partial charge in [0.1, 0.15) is 0 Å². The third kappa shape index (κ3) is 4.23. The third-order valence-electron chi connectivity index (χ3n) is 2.21. The Morgan fingerprint density at radius 3 is 2.75 bits per heavy atom. The summed E-state index contributed by atoms with van der Waals surface area (Å²) in [4.78, 5) is 11.8. The van der Waals surface area contributed by atoms with Crippen molar-refractivity contribution in [2.45, 2.75) is 26.3 Å². The molecule has 3 nitrogen and oxygen atoms in total. The molecule has 1 amide bonds. The summed E-state index contributed by atoms with van der Waals surface area (Å²) < 4.78 is 0.964. The maximum absolute atomic E-state index is 11.8. The van der Waals surface area contributed by atoms with E-state index in [2.05, 4.69) is 35.1 Å². The SMILES string of the molecule is CC(C)CC(CN)NC(=O)c1csc(Br)c1. The molecule has 0 aliphatic carbocycles. The number of carbonyl (C=O) groups excluding carboxylic acids is 1. The minimum absolute atomic E-state index is 0.0435. The van der Waals surface area contributed by atoms with Gasteiger partial charge in [0.2, 0.25) is 0 Å². The molecule has 0 bridgehead atoms. The molecule has 90 valence electrons. The zero-order valence-electron chi connectivity index (χ0n) is 9.50. The minimum atomic E-state index is -0.0435. The van der Waals surface area contributed by atoms with Crippen molar-refractivity contribution in [3.8, 4) is 0 Å². The van der Waals surface area contributed by atoms with Gasteiger partial charge in [0, 0.05) is 18.0 Å². The van der Waals surface area contributed by atoms with E-state index in [1.54, 1.807) is 0 Å². The van der Waals surface area contributed by atoms with Gasteiger partial charge >= 0.3 is 0 Å². The van der Waals surface area contributed by atoms with E-state index in [0.29, 0.717) is 18.0 Å². The zero-order valence-corrected chi connectivity index (χ0v) is 11.9. The summed E-state index contributed by atoms with van der Waals surface area (Å²) in [6.45, 7) is 4.72. The van der Waals surface area contributed by atoms with Crippen LogP contribution in [-0.2, 0) is 0 Å². The molecule has 5 heteroatoms. The van der Waals surface area contributed by atoms with Gasteiger partial charge in [-0.05, 0) is 34.3 Å². The van der Waals surface area contributed by atoms with Crippen LogP contribution < -0.4 is 11.1 Å². The Morgan fingerprint density at radius 2 is 2.31 bits per heavy atom. The van der Waals surface area contributed by atoms with Crippen molar-refractivity contribution >= 4 is 33.2 Å². The maximum atomic E-state index is 11.8. The van der Waals surface area contributed by atoms with Gasteiger partial charge < -0.3 is 11.1 Å². The summed E-state index contributed by atoms with van der Waals surface area (Å²) in [5.74, 6) is 0.487. The first-order valence-corrected chi connectivity index (χ1v) is 6.95. The Balaban J connectivity index is 2.55. The van der Waals surface area contributed by atoms with Crippen LogP contribution >= 0.6 is 27.3 Å². The van der Waals surface area contributed by atoms with E-state index in [1.165, 1.54) is 11.3 Å². The van der Waals surface area contributed by atoms with E-state index in [4.69, 9.17) is 5.73 Å². The van der Waals surface area contributed by atoms with Gasteiger partial charge in [-0.2, -0.15) is 0 Å². The van der Waals surface area contributed by atoms with E-state index in [1.807, 2.05) is 11.4 Å². The second kappa shape index (κ2) is 6.37. The van der Waals surface area contributed by atoms with Crippen molar-refractivity contribution in [2.24, 2.45) is 11.7 Å². The highest BCUT2D eigenvalue weighted by Gasteiger charge is 2.14. The molecule has 3 N–H and O–H groups in total. The van der Waals surface area contributed by atoms with Crippen molar-refractivity contribution < 1.29 is 4.79 Å². The number of hydrogen-bond donors (Lipinski definition) is 2. The van der Waals surface area contributed by atoms with Crippen molar-refractivity contribution in [3.63, 3.8) is 0 Å². The molecular formula is C11H17BrN2OS. The molecule has 0 fully saturated rings. The van der Waals surface area contributed by atoms with Gasteiger partial charge in [-0.1, -0.05) is 13.8 Å². The number of nitrogens with one attached hydrogen (secondary N) is 1. The summed E-state index contributed by atoms with van der Waals surface area (Å²) in [7, 11) is 0. The molecule has 1 aromatic rings. The fraction of sp³-hybridized carbons (Fsp3) is 0.545. The van der Waals surface area contributed by atoms with E-state index in [0.717, 1.165) is 10.2 Å². The molecule has 1 unspecified atom stereocenters. The van der Waals surface area contributed by atoms with Gasteiger partial charge in [-0.25, -0.2) is 0 Å². The Morgan fingerprint density at radius 1 is 1.62 bits per heavy atom. The molecule has 1 atom stereocenters. The summed E-state index contributed by atoms with van der Waals surface area (Å²) in [5, 5.41) is 4.79. The van der Waals surface area contributed by atoms with Crippen LogP contribution in [0, 0.1) is 5.92 Å². The molecule has 0 radical (unpaired) electrons. The topological polar surface area (TPSA) is 55.1 Å². The molecular weight excluding hydrogens is 288 g/mol. The first kappa shape index (κ1) is 13.7. The molecule has 0 saturated heterocycles. The number of rotatable bonds is 5. The van der Waals surface area contributed by atoms with Crippen LogP contribution in [-0.4, -0.2) is 18.5 Å². The second-order valence-electron chi connectivity index (χ2n) is 4.18. The molecule has 0 aliphatic rings. The van der Waals surface area contributed by atoms with Gasteiger partial charge in [0.15, 0.2) is 0 Å². The van der Waals surface area contributed by atoms with Crippen molar-refractivity contribution in [1.29, 1.82) is 0 Å². The Kier molecular flexibility index (Phi) is 5.44. The van der Waals surface area contributed by atoms with Crippen LogP contribution in [0.3, 0.4) is 0 Å². The van der Waals surface area contributed by atoms with E-state index in [-0.39, 0.29) is 11.9 Å². The quantitative estimate of drug-likeness (QED) is 0.878. The average molecular weight is 305 g/mol. The molecule has 16 heavy (non-hydrogen) atoms. The maximum Gasteiger partial charge on any atom is 0.252 e. The molecule has 1 rings (SSSR count). The van der Waals surface area contributed by atoms with E-state index in [9.17, 15) is 4.79 Å². The Bertz CT molecular complexity index is 352. The molecule has 1 aromatic heterocycles. The number of amides is 1. The van der Waals surface area contributed by atoms with Crippen molar-refractivity contribution in [3.05, 3.63) is 20.8 Å². The number of carbonyl (C=O) groups is 1. The summed E-state index contributed by atoms with van der Waals surface area (Å²) in [6, 6.07) is 1.88. The lowest BCUT2D eigenvalue weighted by atomic mass is 10.0. The van der Waals surface area contributed by atoms with Gasteiger partial charge in [0.05, 0.1) is 9.35 Å². The highest BCUT2D eigenvalue weighted by Crippen LogP contribution is 2.20. The van der Waals surface area contributed by atoms with Gasteiger partial charge in [-0.3, -0.25) is 4.79 Å². The highest BCUT2D eigenvalue weighted by atomic mass is 79.9. The Labute approximate surface area is 109 Å². The minimum Gasteiger partial charge on any atom is -0.348 e. The second-order valence-corrected chi connectivity index (χ2v) is 6.47. The fourth-order valence-electron chi connectivity index (χ4n) is 1.48. The number of hydrogen-bond acceptors (Lipinski definition) is 3. The highest BCUT2D eigenvalue weighted by molar-refractivity contribution is 9.11. The van der Waals surface area contributed by atoms with Crippen LogP contribution in [0.25, 0.3) is 0 Å². The zero-order chi connectivity index (χ0) is 12.1. The number of thiophene rings is 1. The predicted octanol–water partition coefficient (Wildman–Crippen LogP) is 2.61. The van der Waals surface area contributed by atoms with Crippen LogP contribution in [0.1, 0.15) is 30.6 Å². The first-order valence-electron chi connectivity index (χ1n) is 5.28. The van der Waals surface area contributed by atoms with Crippen molar-refractivity contribution in [1.82, 2.24) is 5.32 Å². The van der Waals surface area contributed by atoms with Crippen LogP contribution in [0.2, 0.25) is 0 Å². The standard InChI is InChI=1S/C11H17BrN2OS/c1-7(2)3-9(5-13)14-11(15)8-4-10(12)16-6-8/h4,6-7,9H,3,5,13H2,1-2H3,(H,14,15). The normalized spacial score (nSPS) is 12.8. The molecule has 0 saturated carbocycles. The fourth-order valence-corrected chi connectivity index (χ4v) is 2.62. The largest absolute Gasteiger partial charge is 0.348 e. The molecule has 1 heterocycles. The monoisotopic (exact) mass is 304 g/mol. The smallest absolute Gasteiger partial charge is 0.252 e. The lowest BCUT2D eigenvalue weighted by Gasteiger charge is -2.18. The third-order valence-corrected chi connectivity index (χ3v) is 3.71. The summed E-state index contributed by atoms with van der Waals surface area (Å²) in [5.41, 5.74) is 6.32. The molecule has 0 aliphatic heterocycles. The van der Waals surface area contributed by atoms with Crippen LogP contribution in [0.15, 0.2) is 15.2 Å². The van der Waals surface area contributed by atoms with Gasteiger partial charge in [0.25, 0.3) is 5.91 Å². The number of halogens is 1. The van der Waals surface area contributed by atoms with Crippen LogP contribution in [0.5, 0.6) is 0 Å². The Hall–Kier alpha value is -0.390. The molecule has 0 spiro atoms. The number of nitrogens with two attached hydrogens (primary N) is 1. The summed E-state index contributed by atoms with van der Waals surface area (Å²) >= 11 is 4.84. The predicted molar refractivity (Wildman–Crippen MR) is 71.8 cm³/mol. The first-order chi connectivity index (χ1) is 7.52. The van der Waals surface area contributed by atoms with Gasteiger partial charge in [-0.15, -0.1) is 11.3 Å². The molecule has 0 aromatic carbocycles.